The van der Waals surface area contributed by atoms with Crippen LogP contribution in [0.1, 0.15) is 13.8 Å². The van der Waals surface area contributed by atoms with Gasteiger partial charge in [0.2, 0.25) is 0 Å². The molecule has 1 fully saturated rings. The van der Waals surface area contributed by atoms with Crippen molar-refractivity contribution in [3.8, 4) is 0 Å². The number of rotatable bonds is 3. The third kappa shape index (κ3) is 2.79. The number of hydrogen-bond donors (Lipinski definition) is 0. The summed E-state index contributed by atoms with van der Waals surface area (Å²) in [6.07, 6.45) is 3.35. The largest absolute Gasteiger partial charge is 0.493 e. The normalized spacial score (nSPS) is 37.4. The fourth-order valence-corrected chi connectivity index (χ4v) is 2.41. The predicted octanol–water partition coefficient (Wildman–Crippen LogP) is 2.43. The van der Waals surface area contributed by atoms with E-state index in [4.69, 9.17) is 18.4 Å². The third-order valence-corrected chi connectivity index (χ3v) is 3.32. The van der Waals surface area contributed by atoms with Gasteiger partial charge in [0.1, 0.15) is 18.8 Å². The topological polar surface area (TPSA) is 36.9 Å². The summed E-state index contributed by atoms with van der Waals surface area (Å²) in [5.74, 6) is -0.539. The first-order valence-electron chi connectivity index (χ1n) is 4.70. The first kappa shape index (κ1) is 12.0. The standard InChI is InChI=1S/C9H13IO4S/c1-9(2)13-6-3-4-11-7(5-12-15-10)8(6)14-9/h3-4,6-8H,5H2,1-2H3/t6-,7-,8-/m1/s1. The highest BCUT2D eigenvalue weighted by Crippen LogP contribution is 2.34. The van der Waals surface area contributed by atoms with Crippen LogP contribution in [-0.2, 0) is 18.4 Å². The average molecular weight is 344 g/mol. The molecule has 2 rings (SSSR count). The van der Waals surface area contributed by atoms with Crippen molar-refractivity contribution < 1.29 is 18.4 Å². The van der Waals surface area contributed by atoms with E-state index in [1.54, 1.807) is 6.26 Å². The van der Waals surface area contributed by atoms with E-state index in [0.717, 1.165) is 0 Å². The smallest absolute Gasteiger partial charge is 0.164 e. The summed E-state index contributed by atoms with van der Waals surface area (Å²) in [6.45, 7) is 4.31. The summed E-state index contributed by atoms with van der Waals surface area (Å²) in [5.41, 5.74) is 0. The van der Waals surface area contributed by atoms with Crippen LogP contribution >= 0.6 is 30.4 Å². The molecule has 0 aliphatic carbocycles. The molecule has 0 unspecified atom stereocenters. The van der Waals surface area contributed by atoms with Gasteiger partial charge in [-0.2, -0.15) is 0 Å². The molecule has 0 bridgehead atoms. The molecule has 0 N–H and O–H groups in total. The van der Waals surface area contributed by atoms with Gasteiger partial charge in [0.15, 0.2) is 11.9 Å². The summed E-state index contributed by atoms with van der Waals surface area (Å²) in [5, 5.41) is 0. The lowest BCUT2D eigenvalue weighted by Crippen LogP contribution is -2.40. The van der Waals surface area contributed by atoms with Crippen molar-refractivity contribution >= 4 is 30.4 Å². The molecule has 2 aliphatic rings. The lowest BCUT2D eigenvalue weighted by atomic mass is 10.1. The van der Waals surface area contributed by atoms with E-state index in [1.807, 2.05) is 19.9 Å². The van der Waals surface area contributed by atoms with Crippen molar-refractivity contribution in [3.63, 3.8) is 0 Å². The Kier molecular flexibility index (Phi) is 3.82. The minimum atomic E-state index is -0.539. The fourth-order valence-electron chi connectivity index (χ4n) is 1.78. The summed E-state index contributed by atoms with van der Waals surface area (Å²) in [7, 11) is 1.30. The van der Waals surface area contributed by atoms with E-state index in [1.165, 1.54) is 9.21 Å². The lowest BCUT2D eigenvalue weighted by Gasteiger charge is -2.27. The summed E-state index contributed by atoms with van der Waals surface area (Å²) < 4.78 is 22.2. The Labute approximate surface area is 105 Å². The van der Waals surface area contributed by atoms with Crippen LogP contribution in [0.5, 0.6) is 0 Å². The Bertz CT molecular complexity index is 258. The maximum absolute atomic E-state index is 5.77. The van der Waals surface area contributed by atoms with Crippen molar-refractivity contribution in [1.29, 1.82) is 0 Å². The number of ether oxygens (including phenoxy) is 3. The van der Waals surface area contributed by atoms with Gasteiger partial charge < -0.3 is 18.4 Å². The Morgan fingerprint density at radius 3 is 3.00 bits per heavy atom. The van der Waals surface area contributed by atoms with E-state index in [-0.39, 0.29) is 18.3 Å². The van der Waals surface area contributed by atoms with Crippen LogP contribution in [0.2, 0.25) is 0 Å². The number of hydrogen-bond acceptors (Lipinski definition) is 5. The molecule has 0 aromatic carbocycles. The third-order valence-electron chi connectivity index (χ3n) is 2.33. The number of fused-ring (bicyclic) bond motifs is 1. The van der Waals surface area contributed by atoms with Crippen molar-refractivity contribution in [1.82, 2.24) is 0 Å². The molecule has 0 spiro atoms. The van der Waals surface area contributed by atoms with Gasteiger partial charge in [0.25, 0.3) is 0 Å². The Morgan fingerprint density at radius 2 is 2.27 bits per heavy atom. The molecule has 1 saturated heterocycles. The van der Waals surface area contributed by atoms with E-state index < -0.39 is 5.79 Å². The second-order valence-corrected chi connectivity index (χ2v) is 5.36. The lowest BCUT2D eigenvalue weighted by molar-refractivity contribution is -0.153. The van der Waals surface area contributed by atoms with Crippen LogP contribution in [0.3, 0.4) is 0 Å². The quantitative estimate of drug-likeness (QED) is 0.581. The molecule has 0 aromatic rings. The second kappa shape index (κ2) is 4.79. The van der Waals surface area contributed by atoms with Crippen molar-refractivity contribution in [2.45, 2.75) is 37.9 Å². The zero-order chi connectivity index (χ0) is 10.9. The summed E-state index contributed by atoms with van der Waals surface area (Å²) in [4.78, 5) is 0. The first-order valence-corrected chi connectivity index (χ1v) is 7.99. The summed E-state index contributed by atoms with van der Waals surface area (Å²) in [6, 6.07) is 0. The Morgan fingerprint density at radius 1 is 1.47 bits per heavy atom. The highest BCUT2D eigenvalue weighted by molar-refractivity contribution is 14.2. The minimum absolute atomic E-state index is 0.0263. The molecule has 3 atom stereocenters. The van der Waals surface area contributed by atoms with Crippen LogP contribution < -0.4 is 0 Å². The molecule has 2 heterocycles. The Hall–Kier alpha value is 0.500. The SMILES string of the molecule is CC1(C)O[C@@H]2[C@@H](C=CO[C@@H]2COSI)O1. The van der Waals surface area contributed by atoms with Crippen LogP contribution in [-0.4, -0.2) is 30.7 Å². The number of halogens is 1. The molecule has 0 radical (unpaired) electrons. The maximum atomic E-state index is 5.77. The highest BCUT2D eigenvalue weighted by atomic mass is 127. The molecule has 2 aliphatic heterocycles. The zero-order valence-electron chi connectivity index (χ0n) is 8.51. The van der Waals surface area contributed by atoms with Gasteiger partial charge in [-0.1, -0.05) is 0 Å². The van der Waals surface area contributed by atoms with Gasteiger partial charge in [-0.3, -0.25) is 0 Å². The van der Waals surface area contributed by atoms with Gasteiger partial charge in [-0.25, -0.2) is 0 Å². The van der Waals surface area contributed by atoms with Gasteiger partial charge in [0, 0.05) is 21.2 Å². The molecule has 0 saturated carbocycles. The van der Waals surface area contributed by atoms with E-state index in [0.29, 0.717) is 6.61 Å². The molecule has 4 nitrogen and oxygen atoms in total. The molecular weight excluding hydrogens is 331 g/mol. The van der Waals surface area contributed by atoms with E-state index in [9.17, 15) is 0 Å². The molecule has 0 amide bonds. The highest BCUT2D eigenvalue weighted by Gasteiger charge is 2.46. The van der Waals surface area contributed by atoms with Gasteiger partial charge in [0.05, 0.1) is 15.5 Å². The van der Waals surface area contributed by atoms with Gasteiger partial charge in [-0.15, -0.1) is 0 Å². The van der Waals surface area contributed by atoms with Crippen molar-refractivity contribution in [2.24, 2.45) is 0 Å². The molecule has 15 heavy (non-hydrogen) atoms. The van der Waals surface area contributed by atoms with Crippen LogP contribution in [0.15, 0.2) is 12.3 Å². The summed E-state index contributed by atoms with van der Waals surface area (Å²) >= 11 is 2.08. The van der Waals surface area contributed by atoms with Gasteiger partial charge in [-0.05, 0) is 19.9 Å². The maximum Gasteiger partial charge on any atom is 0.164 e. The molecule has 0 aromatic heterocycles. The van der Waals surface area contributed by atoms with Gasteiger partial charge >= 0.3 is 0 Å². The fraction of sp³-hybridized carbons (Fsp3) is 0.778. The average Bonchev–Trinajstić information content (AvgIpc) is 2.49. The van der Waals surface area contributed by atoms with Crippen molar-refractivity contribution in [3.05, 3.63) is 12.3 Å². The first-order chi connectivity index (χ1) is 7.12. The minimum Gasteiger partial charge on any atom is -0.493 e. The van der Waals surface area contributed by atoms with Crippen molar-refractivity contribution in [2.75, 3.05) is 6.61 Å². The Balaban J connectivity index is 2.01. The molecule has 6 heteroatoms. The van der Waals surface area contributed by atoms with E-state index in [2.05, 4.69) is 21.2 Å². The molecule has 86 valence electrons. The van der Waals surface area contributed by atoms with Crippen LogP contribution in [0, 0.1) is 0 Å². The van der Waals surface area contributed by atoms with Crippen LogP contribution in [0.4, 0.5) is 0 Å². The van der Waals surface area contributed by atoms with Crippen LogP contribution in [0.25, 0.3) is 0 Å². The second-order valence-electron chi connectivity index (χ2n) is 3.92. The zero-order valence-corrected chi connectivity index (χ0v) is 11.5. The molecular formula is C9H13IO4S. The predicted molar refractivity (Wildman–Crippen MR) is 65.4 cm³/mol. The van der Waals surface area contributed by atoms with E-state index >= 15 is 0 Å². The monoisotopic (exact) mass is 344 g/mol.